The molecule has 2 aromatic carbocycles. The minimum Gasteiger partial charge on any atom is -0.426 e. The van der Waals surface area contributed by atoms with Gasteiger partial charge in [0.25, 0.3) is 0 Å². The van der Waals surface area contributed by atoms with Gasteiger partial charge in [0.2, 0.25) is 0 Å². The van der Waals surface area contributed by atoms with E-state index in [1.165, 1.54) is 6.92 Å². The van der Waals surface area contributed by atoms with E-state index in [1.807, 2.05) is 19.1 Å². The van der Waals surface area contributed by atoms with E-state index in [0.29, 0.717) is 12.4 Å². The summed E-state index contributed by atoms with van der Waals surface area (Å²) in [6.45, 7) is 14.7. The minimum atomic E-state index is -1.82. The summed E-state index contributed by atoms with van der Waals surface area (Å²) >= 11 is 0. The van der Waals surface area contributed by atoms with Gasteiger partial charge in [0.1, 0.15) is 17.1 Å². The second-order valence-corrected chi connectivity index (χ2v) is 13.5. The Morgan fingerprint density at radius 3 is 2.14 bits per heavy atom. The largest absolute Gasteiger partial charge is 0.426 e. The van der Waals surface area contributed by atoms with Crippen LogP contribution in [0.25, 0.3) is 0 Å². The third kappa shape index (κ3) is 6.27. The van der Waals surface area contributed by atoms with Crippen molar-refractivity contribution < 1.29 is 23.5 Å². The molecule has 0 atom stereocenters. The third-order valence-corrected chi connectivity index (χ3v) is 9.63. The Hall–Kier alpha value is -2.44. The summed E-state index contributed by atoms with van der Waals surface area (Å²) in [5.74, 6) is -0.460. The number of esters is 2. The molecule has 2 aromatic rings. The zero-order valence-corrected chi connectivity index (χ0v) is 19.3. The summed E-state index contributed by atoms with van der Waals surface area (Å²) in [6, 6.07) is 12.3. The first kappa shape index (κ1) is 22.8. The van der Waals surface area contributed by atoms with Crippen LogP contribution < -0.4 is 9.47 Å². The lowest BCUT2D eigenvalue weighted by Gasteiger charge is -2.36. The minimum absolute atomic E-state index is 0.149. The highest BCUT2D eigenvalue weighted by molar-refractivity contribution is 6.74. The van der Waals surface area contributed by atoms with E-state index in [4.69, 9.17) is 13.9 Å². The predicted octanol–water partition coefficient (Wildman–Crippen LogP) is 5.66. The smallest absolute Gasteiger partial charge is 0.347 e. The monoisotopic (exact) mass is 414 g/mol. The average molecular weight is 415 g/mol. The predicted molar refractivity (Wildman–Crippen MR) is 116 cm³/mol. The van der Waals surface area contributed by atoms with Crippen molar-refractivity contribution in [3.05, 3.63) is 59.2 Å². The molecule has 0 bridgehead atoms. The van der Waals surface area contributed by atoms with Crippen LogP contribution in [0.5, 0.6) is 11.5 Å². The molecule has 0 aromatic heterocycles. The van der Waals surface area contributed by atoms with Crippen molar-refractivity contribution in [1.82, 2.24) is 0 Å². The topological polar surface area (TPSA) is 61.8 Å². The Bertz CT molecular complexity index is 879. The van der Waals surface area contributed by atoms with Gasteiger partial charge < -0.3 is 13.9 Å². The fourth-order valence-corrected chi connectivity index (χ4v) is 3.30. The molecule has 0 N–H and O–H groups in total. The number of benzene rings is 2. The summed E-state index contributed by atoms with van der Waals surface area (Å²) in [5, 5.41) is 0.149. The molecule has 0 radical (unpaired) electrons. The second-order valence-electron chi connectivity index (χ2n) is 8.68. The molecule has 0 aliphatic carbocycles. The van der Waals surface area contributed by atoms with E-state index >= 15 is 0 Å². The Kier molecular flexibility index (Phi) is 7.03. The number of carbonyl (C=O) groups is 2. The van der Waals surface area contributed by atoms with E-state index < -0.39 is 20.3 Å². The first-order valence-electron chi connectivity index (χ1n) is 9.63. The van der Waals surface area contributed by atoms with Crippen LogP contribution in [-0.4, -0.2) is 20.3 Å². The number of carbonyl (C=O) groups excluding carboxylic acids is 2. The van der Waals surface area contributed by atoms with Crippen LogP contribution in [0.3, 0.4) is 0 Å². The van der Waals surface area contributed by atoms with Gasteiger partial charge in [-0.05, 0) is 60.4 Å². The van der Waals surface area contributed by atoms with Crippen LogP contribution in [-0.2, 0) is 15.8 Å². The van der Waals surface area contributed by atoms with E-state index in [2.05, 4.69) is 33.9 Å². The van der Waals surface area contributed by atoms with Crippen LogP contribution >= 0.6 is 0 Å². The zero-order valence-electron chi connectivity index (χ0n) is 18.3. The lowest BCUT2D eigenvalue weighted by Crippen LogP contribution is -2.40. The standard InChI is InChI=1S/C23H30O5Si/c1-16-8-13-21(27-17(2)24)20(14-16)22(25)28-19-11-9-18(10-12-19)15-26-29(6,7)23(3,4)5/h8-14H,15H2,1-7H3. The van der Waals surface area contributed by atoms with Gasteiger partial charge in [-0.1, -0.05) is 39.0 Å². The lowest BCUT2D eigenvalue weighted by atomic mass is 10.1. The Morgan fingerprint density at radius 2 is 1.59 bits per heavy atom. The quantitative estimate of drug-likeness (QED) is 0.347. The van der Waals surface area contributed by atoms with Crippen molar-refractivity contribution in [3.63, 3.8) is 0 Å². The van der Waals surface area contributed by atoms with Crippen molar-refractivity contribution >= 4 is 20.3 Å². The molecule has 0 aliphatic heterocycles. The number of hydrogen-bond acceptors (Lipinski definition) is 5. The molecular formula is C23H30O5Si. The fourth-order valence-electron chi connectivity index (χ4n) is 2.34. The molecule has 6 heteroatoms. The van der Waals surface area contributed by atoms with Gasteiger partial charge in [0.15, 0.2) is 8.32 Å². The van der Waals surface area contributed by atoms with Gasteiger partial charge in [0.05, 0.1) is 6.61 Å². The molecule has 0 unspecified atom stereocenters. The first-order chi connectivity index (χ1) is 13.4. The van der Waals surface area contributed by atoms with Crippen LogP contribution in [0.4, 0.5) is 0 Å². The molecule has 2 rings (SSSR count). The molecule has 0 saturated carbocycles. The fraction of sp³-hybridized carbons (Fsp3) is 0.391. The van der Waals surface area contributed by atoms with Crippen molar-refractivity contribution in [2.75, 3.05) is 0 Å². The lowest BCUT2D eigenvalue weighted by molar-refractivity contribution is -0.131. The van der Waals surface area contributed by atoms with Crippen LogP contribution in [0.1, 0.15) is 49.2 Å². The summed E-state index contributed by atoms with van der Waals surface area (Å²) in [7, 11) is -1.82. The van der Waals surface area contributed by atoms with Crippen molar-refractivity contribution in [2.24, 2.45) is 0 Å². The molecule has 0 spiro atoms. The second kappa shape index (κ2) is 8.92. The van der Waals surface area contributed by atoms with Gasteiger partial charge in [0, 0.05) is 6.92 Å². The Labute approximate surface area is 174 Å². The van der Waals surface area contributed by atoms with Crippen molar-refractivity contribution in [1.29, 1.82) is 0 Å². The maximum absolute atomic E-state index is 12.6. The third-order valence-electron chi connectivity index (χ3n) is 5.15. The van der Waals surface area contributed by atoms with Gasteiger partial charge in [-0.2, -0.15) is 0 Å². The SMILES string of the molecule is CC(=O)Oc1ccc(C)cc1C(=O)Oc1ccc(CO[Si](C)(C)C(C)(C)C)cc1. The highest BCUT2D eigenvalue weighted by Gasteiger charge is 2.37. The summed E-state index contributed by atoms with van der Waals surface area (Å²) in [4.78, 5) is 23.9. The van der Waals surface area contributed by atoms with Gasteiger partial charge in [-0.3, -0.25) is 4.79 Å². The molecule has 156 valence electrons. The Morgan fingerprint density at radius 1 is 0.966 bits per heavy atom. The van der Waals surface area contributed by atoms with Gasteiger partial charge in [-0.15, -0.1) is 0 Å². The number of ether oxygens (including phenoxy) is 2. The normalized spacial score (nSPS) is 11.8. The molecule has 0 saturated heterocycles. The Balaban J connectivity index is 2.08. The highest BCUT2D eigenvalue weighted by atomic mass is 28.4. The maximum atomic E-state index is 12.6. The molecule has 0 heterocycles. The van der Waals surface area contributed by atoms with Gasteiger partial charge >= 0.3 is 11.9 Å². The van der Waals surface area contributed by atoms with E-state index in [9.17, 15) is 9.59 Å². The summed E-state index contributed by atoms with van der Waals surface area (Å²) in [5.41, 5.74) is 2.10. The molecular weight excluding hydrogens is 384 g/mol. The molecule has 5 nitrogen and oxygen atoms in total. The zero-order chi connectivity index (χ0) is 21.8. The van der Waals surface area contributed by atoms with Crippen molar-refractivity contribution in [3.8, 4) is 11.5 Å². The van der Waals surface area contributed by atoms with Crippen LogP contribution in [0, 0.1) is 6.92 Å². The molecule has 29 heavy (non-hydrogen) atoms. The summed E-state index contributed by atoms with van der Waals surface area (Å²) in [6.07, 6.45) is 0. The number of aryl methyl sites for hydroxylation is 1. The number of hydrogen-bond donors (Lipinski definition) is 0. The molecule has 0 fully saturated rings. The van der Waals surface area contributed by atoms with E-state index in [1.54, 1.807) is 30.3 Å². The highest BCUT2D eigenvalue weighted by Crippen LogP contribution is 2.37. The molecule has 0 aliphatic rings. The molecule has 0 amide bonds. The summed E-state index contributed by atoms with van der Waals surface area (Å²) < 4.78 is 16.8. The van der Waals surface area contributed by atoms with Crippen molar-refractivity contribution in [2.45, 2.75) is 59.4 Å². The average Bonchev–Trinajstić information content (AvgIpc) is 2.61. The van der Waals surface area contributed by atoms with Crippen LogP contribution in [0.15, 0.2) is 42.5 Å². The first-order valence-corrected chi connectivity index (χ1v) is 12.5. The number of rotatable bonds is 6. The van der Waals surface area contributed by atoms with E-state index in [0.717, 1.165) is 11.1 Å². The van der Waals surface area contributed by atoms with Gasteiger partial charge in [-0.25, -0.2) is 4.79 Å². The maximum Gasteiger partial charge on any atom is 0.347 e. The van der Waals surface area contributed by atoms with Crippen LogP contribution in [0.2, 0.25) is 18.1 Å². The van der Waals surface area contributed by atoms with E-state index in [-0.39, 0.29) is 16.4 Å².